The van der Waals surface area contributed by atoms with E-state index in [1.807, 2.05) is 12.1 Å². The third-order valence-corrected chi connectivity index (χ3v) is 4.49. The first kappa shape index (κ1) is 17.0. The number of rotatable bonds is 8. The molecular formula is C14H22Br2N2O. The van der Waals surface area contributed by atoms with E-state index in [1.54, 1.807) is 7.11 Å². The number of methoxy groups -OCH3 is 1. The number of hydrogen-bond acceptors (Lipinski definition) is 3. The van der Waals surface area contributed by atoms with E-state index in [9.17, 15) is 0 Å². The number of halogens is 2. The van der Waals surface area contributed by atoms with Gasteiger partial charge in [0.2, 0.25) is 0 Å². The van der Waals surface area contributed by atoms with Crippen LogP contribution in [0.3, 0.4) is 0 Å². The van der Waals surface area contributed by atoms with E-state index in [0.717, 1.165) is 40.8 Å². The minimum absolute atomic E-state index is 0.880. The lowest BCUT2D eigenvalue weighted by Gasteiger charge is -2.12. The van der Waals surface area contributed by atoms with Crippen LogP contribution in [0.15, 0.2) is 21.1 Å². The van der Waals surface area contributed by atoms with Crippen molar-refractivity contribution in [1.29, 1.82) is 0 Å². The largest absolute Gasteiger partial charge is 0.496 e. The maximum Gasteiger partial charge on any atom is 0.133 e. The molecule has 5 heteroatoms. The highest BCUT2D eigenvalue weighted by Crippen LogP contribution is 2.33. The Morgan fingerprint density at radius 1 is 1.21 bits per heavy atom. The average molecular weight is 394 g/mol. The molecule has 0 aliphatic rings. The van der Waals surface area contributed by atoms with Crippen LogP contribution in [-0.4, -0.2) is 45.7 Å². The van der Waals surface area contributed by atoms with Crippen molar-refractivity contribution in [2.45, 2.75) is 12.8 Å². The van der Waals surface area contributed by atoms with Crippen LogP contribution in [0, 0.1) is 0 Å². The molecule has 1 aromatic rings. The molecule has 1 rings (SSSR count). The molecule has 0 aromatic heterocycles. The second kappa shape index (κ2) is 8.95. The Balaban J connectivity index is 2.41. The molecule has 3 nitrogen and oxygen atoms in total. The third kappa shape index (κ3) is 5.81. The molecule has 108 valence electrons. The molecule has 0 saturated heterocycles. The molecule has 1 aromatic carbocycles. The highest BCUT2D eigenvalue weighted by atomic mass is 79.9. The molecule has 0 unspecified atom stereocenters. The summed E-state index contributed by atoms with van der Waals surface area (Å²) < 4.78 is 7.48. The summed E-state index contributed by atoms with van der Waals surface area (Å²) in [4.78, 5) is 2.21. The normalized spacial score (nSPS) is 11.1. The Morgan fingerprint density at radius 2 is 1.95 bits per heavy atom. The SMILES string of the molecule is COc1ccc(Br)c(CCNCCCN(C)C)c1Br. The summed E-state index contributed by atoms with van der Waals surface area (Å²) in [5, 5.41) is 3.47. The van der Waals surface area contributed by atoms with Crippen LogP contribution < -0.4 is 10.1 Å². The zero-order chi connectivity index (χ0) is 14.3. The van der Waals surface area contributed by atoms with Crippen molar-refractivity contribution in [1.82, 2.24) is 10.2 Å². The smallest absolute Gasteiger partial charge is 0.133 e. The Bertz CT molecular complexity index is 397. The summed E-state index contributed by atoms with van der Waals surface area (Å²) in [7, 11) is 5.90. The van der Waals surface area contributed by atoms with E-state index in [-0.39, 0.29) is 0 Å². The summed E-state index contributed by atoms with van der Waals surface area (Å²) in [5.74, 6) is 0.880. The minimum Gasteiger partial charge on any atom is -0.496 e. The predicted octanol–water partition coefficient (Wildman–Crippen LogP) is 3.30. The molecular weight excluding hydrogens is 372 g/mol. The molecule has 0 fully saturated rings. The molecule has 0 amide bonds. The number of nitrogens with zero attached hydrogens (tertiary/aromatic N) is 1. The summed E-state index contributed by atoms with van der Waals surface area (Å²) in [6, 6.07) is 3.99. The number of hydrogen-bond donors (Lipinski definition) is 1. The zero-order valence-corrected chi connectivity index (χ0v) is 15.0. The fourth-order valence-electron chi connectivity index (χ4n) is 1.82. The Labute approximate surface area is 133 Å². The van der Waals surface area contributed by atoms with Gasteiger partial charge >= 0.3 is 0 Å². The van der Waals surface area contributed by atoms with Crippen LogP contribution in [0.5, 0.6) is 5.75 Å². The van der Waals surface area contributed by atoms with Gasteiger partial charge in [-0.15, -0.1) is 0 Å². The van der Waals surface area contributed by atoms with E-state index < -0.39 is 0 Å². The molecule has 0 bridgehead atoms. The van der Waals surface area contributed by atoms with Crippen LogP contribution in [0.1, 0.15) is 12.0 Å². The lowest BCUT2D eigenvalue weighted by molar-refractivity contribution is 0.394. The first-order chi connectivity index (χ1) is 9.06. The standard InChI is InChI=1S/C14H22Br2N2O/c1-18(2)10-4-8-17-9-7-11-12(15)5-6-13(19-3)14(11)16/h5-6,17H,4,7-10H2,1-3H3. The molecule has 0 heterocycles. The van der Waals surface area contributed by atoms with Gasteiger partial charge in [0.05, 0.1) is 11.6 Å². The summed E-state index contributed by atoms with van der Waals surface area (Å²) >= 11 is 7.20. The van der Waals surface area contributed by atoms with Crippen LogP contribution >= 0.6 is 31.9 Å². The maximum absolute atomic E-state index is 5.32. The first-order valence-corrected chi connectivity index (χ1v) is 8.01. The van der Waals surface area contributed by atoms with Gasteiger partial charge < -0.3 is 15.0 Å². The van der Waals surface area contributed by atoms with Gasteiger partial charge in [-0.1, -0.05) is 15.9 Å². The van der Waals surface area contributed by atoms with Gasteiger partial charge in [-0.25, -0.2) is 0 Å². The highest BCUT2D eigenvalue weighted by molar-refractivity contribution is 9.11. The van der Waals surface area contributed by atoms with Crippen molar-refractivity contribution in [2.24, 2.45) is 0 Å². The van der Waals surface area contributed by atoms with E-state index in [1.165, 1.54) is 12.0 Å². The molecule has 0 atom stereocenters. The topological polar surface area (TPSA) is 24.5 Å². The lowest BCUT2D eigenvalue weighted by atomic mass is 10.1. The van der Waals surface area contributed by atoms with Gasteiger partial charge in [0.1, 0.15) is 5.75 Å². The predicted molar refractivity (Wildman–Crippen MR) is 88.1 cm³/mol. The van der Waals surface area contributed by atoms with E-state index in [4.69, 9.17) is 4.74 Å². The fraction of sp³-hybridized carbons (Fsp3) is 0.571. The number of nitrogens with one attached hydrogen (secondary N) is 1. The maximum atomic E-state index is 5.32. The first-order valence-electron chi connectivity index (χ1n) is 6.42. The monoisotopic (exact) mass is 392 g/mol. The van der Waals surface area contributed by atoms with Gasteiger partial charge in [-0.05, 0) is 80.2 Å². The van der Waals surface area contributed by atoms with Gasteiger partial charge in [0, 0.05) is 4.47 Å². The van der Waals surface area contributed by atoms with Crippen LogP contribution in [0.2, 0.25) is 0 Å². The molecule has 0 aliphatic carbocycles. The van der Waals surface area contributed by atoms with E-state index >= 15 is 0 Å². The highest BCUT2D eigenvalue weighted by Gasteiger charge is 2.09. The average Bonchev–Trinajstić information content (AvgIpc) is 2.36. The molecule has 0 saturated carbocycles. The van der Waals surface area contributed by atoms with Gasteiger partial charge in [-0.3, -0.25) is 0 Å². The van der Waals surface area contributed by atoms with Crippen molar-refractivity contribution >= 4 is 31.9 Å². The van der Waals surface area contributed by atoms with E-state index in [2.05, 4.69) is 56.2 Å². The summed E-state index contributed by atoms with van der Waals surface area (Å²) in [6.07, 6.45) is 2.15. The number of benzene rings is 1. The van der Waals surface area contributed by atoms with Gasteiger partial charge in [0.15, 0.2) is 0 Å². The Morgan fingerprint density at radius 3 is 2.58 bits per heavy atom. The number of ether oxygens (including phenoxy) is 1. The van der Waals surface area contributed by atoms with E-state index in [0.29, 0.717) is 0 Å². The zero-order valence-electron chi connectivity index (χ0n) is 11.8. The van der Waals surface area contributed by atoms with Gasteiger partial charge in [0.25, 0.3) is 0 Å². The third-order valence-electron chi connectivity index (χ3n) is 2.88. The molecule has 19 heavy (non-hydrogen) atoms. The van der Waals surface area contributed by atoms with Crippen molar-refractivity contribution in [3.63, 3.8) is 0 Å². The quantitative estimate of drug-likeness (QED) is 0.685. The van der Waals surface area contributed by atoms with Crippen LogP contribution in [0.4, 0.5) is 0 Å². The van der Waals surface area contributed by atoms with Crippen molar-refractivity contribution in [2.75, 3.05) is 40.8 Å². The second-order valence-electron chi connectivity index (χ2n) is 4.70. The summed E-state index contributed by atoms with van der Waals surface area (Å²) in [5.41, 5.74) is 1.25. The summed E-state index contributed by atoms with van der Waals surface area (Å²) in [6.45, 7) is 3.15. The molecule has 1 N–H and O–H groups in total. The Kier molecular flexibility index (Phi) is 7.99. The van der Waals surface area contributed by atoms with Gasteiger partial charge in [-0.2, -0.15) is 0 Å². The lowest BCUT2D eigenvalue weighted by Crippen LogP contribution is -2.23. The molecule has 0 radical (unpaired) electrons. The molecule has 0 aliphatic heterocycles. The van der Waals surface area contributed by atoms with Crippen molar-refractivity contribution in [3.05, 3.63) is 26.6 Å². The van der Waals surface area contributed by atoms with Crippen LogP contribution in [-0.2, 0) is 6.42 Å². The minimum atomic E-state index is 0.880. The van der Waals surface area contributed by atoms with Crippen LogP contribution in [0.25, 0.3) is 0 Å². The Hall–Kier alpha value is -0.100. The molecule has 0 spiro atoms. The fourth-order valence-corrected chi connectivity index (χ4v) is 3.32. The van der Waals surface area contributed by atoms with Crippen molar-refractivity contribution < 1.29 is 4.74 Å². The van der Waals surface area contributed by atoms with Crippen molar-refractivity contribution in [3.8, 4) is 5.75 Å². The second-order valence-corrected chi connectivity index (χ2v) is 6.35.